The lowest BCUT2D eigenvalue weighted by molar-refractivity contribution is -0.572. The Kier molecular flexibility index (Phi) is 9.66. The molecule has 2 aromatic heterocycles. The molecule has 0 saturated heterocycles. The molecule has 4 heteroatoms. The number of phenolic OH excluding ortho intramolecular Hbond substituents is 1. The van der Waals surface area contributed by atoms with Gasteiger partial charge in [-0.3, -0.25) is 9.13 Å². The average Bonchev–Trinajstić information content (AvgIpc) is 3.83. The number of aromatic amines is 1. The molecule has 2 heterocycles. The quantitative estimate of drug-likeness (QED) is 0.128. The van der Waals surface area contributed by atoms with Crippen molar-refractivity contribution >= 4 is 21.9 Å². The number of hydrogen-bond donors (Lipinski definition) is 2. The van der Waals surface area contributed by atoms with Gasteiger partial charge in [-0.1, -0.05) is 184 Å². The smallest absolute Gasteiger partial charge is 0.269 e. The molecule has 0 spiro atoms. The molecule has 0 atom stereocenters. The molecule has 0 bridgehead atoms. The van der Waals surface area contributed by atoms with E-state index in [0.717, 1.165) is 83.5 Å². The number of aromatic nitrogens is 3. The van der Waals surface area contributed by atoms with Gasteiger partial charge in [0.15, 0.2) is 0 Å². The molecule has 2 N–H and O–H groups in total. The molecule has 0 saturated carbocycles. The van der Waals surface area contributed by atoms with Crippen LogP contribution < -0.4 is 4.57 Å². The molecule has 0 fully saturated rings. The Morgan fingerprint density at radius 3 is 1.87 bits per heavy atom. The van der Waals surface area contributed by atoms with Crippen LogP contribution in [0.4, 0.5) is 0 Å². The predicted octanol–water partition coefficient (Wildman–Crippen LogP) is 14.5. The van der Waals surface area contributed by atoms with Crippen LogP contribution in [0.25, 0.3) is 77.9 Å². The molecular weight excluding hydrogens is 743 g/mol. The van der Waals surface area contributed by atoms with Crippen LogP contribution in [0.15, 0.2) is 158 Å². The van der Waals surface area contributed by atoms with Gasteiger partial charge in [-0.2, -0.15) is 0 Å². The third kappa shape index (κ3) is 7.24. The fourth-order valence-corrected chi connectivity index (χ4v) is 8.69. The molecule has 0 aliphatic carbocycles. The summed E-state index contributed by atoms with van der Waals surface area (Å²) in [6.07, 6.45) is 3.67. The topological polar surface area (TPSA) is 44.8 Å². The van der Waals surface area contributed by atoms with Crippen molar-refractivity contribution in [3.8, 4) is 61.8 Å². The van der Waals surface area contributed by atoms with Gasteiger partial charge >= 0.3 is 0 Å². The van der Waals surface area contributed by atoms with Gasteiger partial charge in [0.25, 0.3) is 6.33 Å². The second-order valence-corrected chi connectivity index (χ2v) is 19.5. The molecule has 0 aliphatic rings. The first-order chi connectivity index (χ1) is 29.1. The Labute approximate surface area is 360 Å². The van der Waals surface area contributed by atoms with Crippen molar-refractivity contribution in [2.75, 3.05) is 0 Å². The molecule has 9 rings (SSSR count). The lowest BCUT2D eigenvalue weighted by atomic mass is 9.78. The highest BCUT2D eigenvalue weighted by atomic mass is 16.3. The fourth-order valence-electron chi connectivity index (χ4n) is 8.69. The summed E-state index contributed by atoms with van der Waals surface area (Å²) in [6, 6.07) is 56.3. The van der Waals surface area contributed by atoms with Crippen molar-refractivity contribution in [3.05, 3.63) is 181 Å². The van der Waals surface area contributed by atoms with Crippen LogP contribution >= 0.6 is 0 Å². The van der Waals surface area contributed by atoms with Crippen LogP contribution in [-0.2, 0) is 16.2 Å². The third-order valence-corrected chi connectivity index (χ3v) is 12.1. The Bertz CT molecular complexity index is 3070. The first-order valence-corrected chi connectivity index (χ1v) is 21.4. The van der Waals surface area contributed by atoms with E-state index >= 15 is 0 Å². The number of nitrogens with zero attached hydrogens (tertiary/aromatic N) is 2. The lowest BCUT2D eigenvalue weighted by Crippen LogP contribution is -2.29. The molecule has 304 valence electrons. The summed E-state index contributed by atoms with van der Waals surface area (Å²) in [5.41, 5.74) is 16.5. The van der Waals surface area contributed by atoms with E-state index in [4.69, 9.17) is 0 Å². The number of H-pyrrole nitrogens is 1. The average molecular weight is 798 g/mol. The number of phenols is 1. The maximum atomic E-state index is 12.5. The highest BCUT2D eigenvalue weighted by molar-refractivity contribution is 6.11. The molecule has 9 aromatic rings. The van der Waals surface area contributed by atoms with Crippen molar-refractivity contribution < 1.29 is 9.67 Å². The molecule has 61 heavy (non-hydrogen) atoms. The summed E-state index contributed by atoms with van der Waals surface area (Å²) in [4.78, 5) is 4.00. The van der Waals surface area contributed by atoms with Crippen LogP contribution in [0.3, 0.4) is 0 Å². The molecular formula is C57H55N3O. The van der Waals surface area contributed by atoms with E-state index in [-0.39, 0.29) is 16.2 Å². The van der Waals surface area contributed by atoms with Crippen molar-refractivity contribution in [1.29, 1.82) is 0 Å². The van der Waals surface area contributed by atoms with Crippen LogP contribution in [0.2, 0.25) is 0 Å². The molecule has 0 radical (unpaired) electrons. The van der Waals surface area contributed by atoms with Crippen molar-refractivity contribution in [3.63, 3.8) is 0 Å². The molecule has 0 amide bonds. The van der Waals surface area contributed by atoms with E-state index in [1.807, 2.05) is 6.07 Å². The zero-order chi connectivity index (χ0) is 42.8. The van der Waals surface area contributed by atoms with Gasteiger partial charge in [0.2, 0.25) is 0 Å². The van der Waals surface area contributed by atoms with Crippen LogP contribution in [0.1, 0.15) is 79.0 Å². The maximum absolute atomic E-state index is 12.5. The van der Waals surface area contributed by atoms with E-state index in [1.165, 1.54) is 11.1 Å². The summed E-state index contributed by atoms with van der Waals surface area (Å²) < 4.78 is 4.29. The van der Waals surface area contributed by atoms with E-state index in [9.17, 15) is 5.11 Å². The summed E-state index contributed by atoms with van der Waals surface area (Å²) >= 11 is 0. The summed E-state index contributed by atoms with van der Waals surface area (Å²) in [6.45, 7) is 20.1. The Hall–Kier alpha value is -6.65. The SMILES string of the molecule is CC(C)(C)c1ccc(-c2c(-c3cc(C(C)(C)C)cc(C(C)(C)C)c3O)[nH]c3c(-c4cccc(-n5[c-][n+](-c6ccccc6)c6ccccc65)c4)cccc23)c(-c2ccccc2)c1. The van der Waals surface area contributed by atoms with Crippen LogP contribution in [0.5, 0.6) is 5.75 Å². The first-order valence-electron chi connectivity index (χ1n) is 21.4. The number of rotatable bonds is 6. The molecule has 7 aromatic carbocycles. The van der Waals surface area contributed by atoms with Gasteiger partial charge < -0.3 is 10.1 Å². The number of hydrogen-bond acceptors (Lipinski definition) is 1. The number of aromatic hydroxyl groups is 1. The second kappa shape index (κ2) is 14.8. The third-order valence-electron chi connectivity index (χ3n) is 12.1. The zero-order valence-electron chi connectivity index (χ0n) is 36.9. The second-order valence-electron chi connectivity index (χ2n) is 19.5. The largest absolute Gasteiger partial charge is 0.507 e. The predicted molar refractivity (Wildman–Crippen MR) is 255 cm³/mol. The highest BCUT2D eigenvalue weighted by Gasteiger charge is 2.29. The Morgan fingerprint density at radius 2 is 1.16 bits per heavy atom. The minimum absolute atomic E-state index is 0.0486. The van der Waals surface area contributed by atoms with Crippen molar-refractivity contribution in [2.24, 2.45) is 0 Å². The number of para-hydroxylation sites is 4. The maximum Gasteiger partial charge on any atom is 0.269 e. The van der Waals surface area contributed by atoms with Gasteiger partial charge in [0, 0.05) is 27.6 Å². The van der Waals surface area contributed by atoms with Gasteiger partial charge in [-0.25, -0.2) is 0 Å². The lowest BCUT2D eigenvalue weighted by Gasteiger charge is -2.28. The van der Waals surface area contributed by atoms with E-state index in [0.29, 0.717) is 5.75 Å². The normalized spacial score (nSPS) is 12.4. The molecule has 4 nitrogen and oxygen atoms in total. The minimum Gasteiger partial charge on any atom is -0.507 e. The zero-order valence-corrected chi connectivity index (χ0v) is 36.9. The van der Waals surface area contributed by atoms with Crippen molar-refractivity contribution in [1.82, 2.24) is 9.55 Å². The fraction of sp³-hybridized carbons (Fsp3) is 0.211. The van der Waals surface area contributed by atoms with Crippen molar-refractivity contribution in [2.45, 2.75) is 78.6 Å². The van der Waals surface area contributed by atoms with Crippen LogP contribution in [0, 0.1) is 6.33 Å². The number of nitrogens with one attached hydrogen (secondary N) is 1. The summed E-state index contributed by atoms with van der Waals surface area (Å²) in [7, 11) is 0. The Morgan fingerprint density at radius 1 is 0.525 bits per heavy atom. The van der Waals surface area contributed by atoms with Gasteiger partial charge in [-0.15, -0.1) is 0 Å². The van der Waals surface area contributed by atoms with E-state index in [2.05, 4.69) is 234 Å². The minimum atomic E-state index is -0.292. The molecule has 0 aliphatic heterocycles. The van der Waals surface area contributed by atoms with E-state index in [1.54, 1.807) is 0 Å². The highest BCUT2D eigenvalue weighted by Crippen LogP contribution is 2.50. The standard InChI is InChI=1S/C57H55N3O/c1-55(2,3)39-30-31-44(46(33-39)37-20-12-10-13-21-37)51-45-27-19-26-43(52(45)58-53(51)47-34-40(56(4,5)6)35-48(54(47)61)57(7,8)9)38-22-18-25-42(32-38)60-36-59(41-23-14-11-15-24-41)49-28-16-17-29-50(49)60/h10-35,58,61H,1-9H3. The Balaban J connectivity index is 1.33. The van der Waals surface area contributed by atoms with Gasteiger partial charge in [0.05, 0.1) is 33.6 Å². The molecule has 0 unspecified atom stereocenters. The summed E-state index contributed by atoms with van der Waals surface area (Å²) in [5, 5.41) is 13.6. The number of fused-ring (bicyclic) bond motifs is 2. The van der Waals surface area contributed by atoms with E-state index < -0.39 is 0 Å². The van der Waals surface area contributed by atoms with Gasteiger partial charge in [0.1, 0.15) is 5.75 Å². The van der Waals surface area contributed by atoms with Gasteiger partial charge in [-0.05, 0) is 86.0 Å². The van der Waals surface area contributed by atoms with Crippen LogP contribution in [-0.4, -0.2) is 14.7 Å². The number of benzene rings is 7. The number of imidazole rings is 1. The monoisotopic (exact) mass is 797 g/mol. The first kappa shape index (κ1) is 39.8. The summed E-state index contributed by atoms with van der Waals surface area (Å²) in [5.74, 6) is 0.311.